The van der Waals surface area contributed by atoms with Crippen LogP contribution < -0.4 is 10.6 Å². The largest absolute Gasteiger partial charge is 0.353 e. The summed E-state index contributed by atoms with van der Waals surface area (Å²) >= 11 is 8.46. The van der Waals surface area contributed by atoms with Gasteiger partial charge in [0, 0.05) is 23.9 Å². The molecule has 3 rings (SSSR count). The summed E-state index contributed by atoms with van der Waals surface area (Å²) in [5, 5.41) is 6.62. The van der Waals surface area contributed by atoms with E-state index in [9.17, 15) is 9.59 Å². The van der Waals surface area contributed by atoms with Crippen LogP contribution in [-0.4, -0.2) is 34.5 Å². The molecule has 1 heterocycles. The lowest BCUT2D eigenvalue weighted by Gasteiger charge is -2.04. The zero-order valence-corrected chi connectivity index (χ0v) is 16.6. The molecular formula is C18H20ClN3O2S2. The van der Waals surface area contributed by atoms with Gasteiger partial charge >= 0.3 is 0 Å². The minimum atomic E-state index is -0.0745. The van der Waals surface area contributed by atoms with Crippen molar-refractivity contribution >= 4 is 51.5 Å². The number of nitrogens with zero attached hydrogens (tertiary/aromatic N) is 1. The number of nitrogens with one attached hydrogen (secondary N) is 2. The van der Waals surface area contributed by atoms with Gasteiger partial charge in [0.25, 0.3) is 0 Å². The number of thioether (sulfide) groups is 1. The highest BCUT2D eigenvalue weighted by Crippen LogP contribution is 2.37. The van der Waals surface area contributed by atoms with E-state index >= 15 is 0 Å². The Kier molecular flexibility index (Phi) is 6.93. The Morgan fingerprint density at radius 3 is 2.69 bits per heavy atom. The summed E-state index contributed by atoms with van der Waals surface area (Å²) in [6, 6.07) is 10.1. The molecule has 1 aromatic carbocycles. The molecule has 5 nitrogen and oxygen atoms in total. The van der Waals surface area contributed by atoms with Crippen molar-refractivity contribution in [2.75, 3.05) is 16.9 Å². The van der Waals surface area contributed by atoms with E-state index < -0.39 is 0 Å². The molecule has 2 aromatic rings. The molecule has 2 N–H and O–H groups in total. The Balaban J connectivity index is 1.71. The zero-order chi connectivity index (χ0) is 18.4. The van der Waals surface area contributed by atoms with Crippen LogP contribution >= 0.6 is 34.7 Å². The quantitative estimate of drug-likeness (QED) is 0.482. The second-order valence-electron chi connectivity index (χ2n) is 5.99. The van der Waals surface area contributed by atoms with E-state index in [0.717, 1.165) is 28.4 Å². The third-order valence-corrected chi connectivity index (χ3v) is 6.10. The van der Waals surface area contributed by atoms with Crippen LogP contribution in [0.5, 0.6) is 0 Å². The Bertz CT molecular complexity index is 763. The van der Waals surface area contributed by atoms with Gasteiger partial charge in [0.15, 0.2) is 4.34 Å². The number of carbonyl (C=O) groups excluding carboxylic acids is 2. The Labute approximate surface area is 165 Å². The molecule has 138 valence electrons. The van der Waals surface area contributed by atoms with Crippen LogP contribution in [0.2, 0.25) is 0 Å². The number of hydrogen-bond donors (Lipinski definition) is 2. The third kappa shape index (κ3) is 5.72. The fourth-order valence-corrected chi connectivity index (χ4v) is 4.31. The monoisotopic (exact) mass is 409 g/mol. The molecule has 1 aliphatic rings. The lowest BCUT2D eigenvalue weighted by molar-refractivity contribution is -0.118. The number of aromatic nitrogens is 1. The number of benzene rings is 1. The minimum Gasteiger partial charge on any atom is -0.353 e. The Morgan fingerprint density at radius 1 is 1.23 bits per heavy atom. The van der Waals surface area contributed by atoms with Gasteiger partial charge in [0.1, 0.15) is 10.7 Å². The number of carbonyl (C=O) groups is 2. The first-order chi connectivity index (χ1) is 12.7. The van der Waals surface area contributed by atoms with Gasteiger partial charge in [0.05, 0.1) is 5.75 Å². The van der Waals surface area contributed by atoms with Crippen molar-refractivity contribution in [2.45, 2.75) is 36.1 Å². The predicted octanol–water partition coefficient (Wildman–Crippen LogP) is 4.14. The molecule has 0 bridgehead atoms. The van der Waals surface area contributed by atoms with E-state index in [1.165, 1.54) is 23.1 Å². The Morgan fingerprint density at radius 2 is 2.00 bits per heavy atom. The van der Waals surface area contributed by atoms with Crippen LogP contribution in [0.25, 0.3) is 11.3 Å². The number of thiazole rings is 1. The van der Waals surface area contributed by atoms with E-state index in [-0.39, 0.29) is 11.8 Å². The average Bonchev–Trinajstić information content (AvgIpc) is 3.37. The van der Waals surface area contributed by atoms with E-state index in [4.69, 9.17) is 11.6 Å². The highest BCUT2D eigenvalue weighted by Gasteiger charge is 2.23. The van der Waals surface area contributed by atoms with Crippen molar-refractivity contribution in [1.29, 1.82) is 0 Å². The van der Waals surface area contributed by atoms with Crippen molar-refractivity contribution in [1.82, 2.24) is 10.3 Å². The van der Waals surface area contributed by atoms with Crippen LogP contribution in [0.3, 0.4) is 0 Å². The molecule has 1 aliphatic carbocycles. The lowest BCUT2D eigenvalue weighted by atomic mass is 10.2. The van der Waals surface area contributed by atoms with Gasteiger partial charge in [-0.05, 0) is 19.3 Å². The molecule has 0 aliphatic heterocycles. The summed E-state index contributed by atoms with van der Waals surface area (Å²) in [6.07, 6.45) is 3.16. The smallest absolute Gasteiger partial charge is 0.230 e. The van der Waals surface area contributed by atoms with Crippen LogP contribution in [0.4, 0.5) is 5.00 Å². The minimum absolute atomic E-state index is 0.0293. The lowest BCUT2D eigenvalue weighted by Crippen LogP contribution is -2.26. The van der Waals surface area contributed by atoms with Gasteiger partial charge in [-0.15, -0.1) is 11.6 Å². The van der Waals surface area contributed by atoms with Gasteiger partial charge in [0.2, 0.25) is 11.8 Å². The molecule has 0 radical (unpaired) electrons. The van der Waals surface area contributed by atoms with Crippen molar-refractivity contribution in [3.63, 3.8) is 0 Å². The summed E-state index contributed by atoms with van der Waals surface area (Å²) in [5.41, 5.74) is 1.67. The van der Waals surface area contributed by atoms with E-state index in [1.54, 1.807) is 0 Å². The molecule has 0 spiro atoms. The second kappa shape index (κ2) is 9.39. The topological polar surface area (TPSA) is 71.1 Å². The van der Waals surface area contributed by atoms with Crippen LogP contribution in [0.1, 0.15) is 25.7 Å². The number of anilines is 1. The third-order valence-electron chi connectivity index (χ3n) is 3.71. The number of rotatable bonds is 9. The van der Waals surface area contributed by atoms with Gasteiger partial charge in [-0.1, -0.05) is 53.4 Å². The van der Waals surface area contributed by atoms with E-state index in [0.29, 0.717) is 35.5 Å². The summed E-state index contributed by atoms with van der Waals surface area (Å²) in [4.78, 5) is 28.6. The van der Waals surface area contributed by atoms with Crippen molar-refractivity contribution in [3.05, 3.63) is 30.3 Å². The van der Waals surface area contributed by atoms with E-state index in [2.05, 4.69) is 15.6 Å². The molecule has 26 heavy (non-hydrogen) atoms. The molecule has 1 saturated carbocycles. The molecule has 8 heteroatoms. The molecule has 1 fully saturated rings. The number of amides is 2. The normalized spacial score (nSPS) is 13.4. The molecule has 0 atom stereocenters. The fourth-order valence-electron chi connectivity index (χ4n) is 2.28. The maximum atomic E-state index is 12.1. The van der Waals surface area contributed by atoms with Gasteiger partial charge < -0.3 is 10.6 Å². The SMILES string of the molecule is O=C(CCCCl)Nc1sc(SCC(=O)NC2CC2)nc1-c1ccccc1. The highest BCUT2D eigenvalue weighted by atomic mass is 35.5. The van der Waals surface area contributed by atoms with Gasteiger partial charge in [-0.3, -0.25) is 9.59 Å². The fraction of sp³-hybridized carbons (Fsp3) is 0.389. The molecule has 2 amide bonds. The molecule has 0 unspecified atom stereocenters. The van der Waals surface area contributed by atoms with E-state index in [1.807, 2.05) is 30.3 Å². The molecule has 0 saturated heterocycles. The van der Waals surface area contributed by atoms with Crippen LogP contribution in [0, 0.1) is 0 Å². The summed E-state index contributed by atoms with van der Waals surface area (Å²) in [5.74, 6) is 0.743. The first-order valence-electron chi connectivity index (χ1n) is 8.50. The summed E-state index contributed by atoms with van der Waals surface area (Å²) in [7, 11) is 0. The zero-order valence-electron chi connectivity index (χ0n) is 14.2. The number of hydrogen-bond acceptors (Lipinski definition) is 5. The number of alkyl halides is 1. The first kappa shape index (κ1) is 19.2. The summed E-state index contributed by atoms with van der Waals surface area (Å²) in [6.45, 7) is 0. The predicted molar refractivity (Wildman–Crippen MR) is 108 cm³/mol. The van der Waals surface area contributed by atoms with Crippen LogP contribution in [-0.2, 0) is 9.59 Å². The van der Waals surface area contributed by atoms with Crippen molar-refractivity contribution in [3.8, 4) is 11.3 Å². The number of halogens is 1. The standard InChI is InChI=1S/C18H20ClN3O2S2/c19-10-4-7-14(23)21-17-16(12-5-2-1-3-6-12)22-18(26-17)25-11-15(24)20-13-8-9-13/h1-3,5-6,13H,4,7-11H2,(H,20,24)(H,21,23). The van der Waals surface area contributed by atoms with Crippen molar-refractivity contribution < 1.29 is 9.59 Å². The molecule has 1 aromatic heterocycles. The second-order valence-corrected chi connectivity index (χ2v) is 8.59. The van der Waals surface area contributed by atoms with Gasteiger partial charge in [-0.2, -0.15) is 0 Å². The highest BCUT2D eigenvalue weighted by molar-refractivity contribution is 8.01. The van der Waals surface area contributed by atoms with Crippen LogP contribution in [0.15, 0.2) is 34.7 Å². The first-order valence-corrected chi connectivity index (χ1v) is 10.8. The summed E-state index contributed by atoms with van der Waals surface area (Å²) < 4.78 is 0.766. The maximum Gasteiger partial charge on any atom is 0.230 e. The van der Waals surface area contributed by atoms with Crippen molar-refractivity contribution in [2.24, 2.45) is 0 Å². The average molecular weight is 410 g/mol. The Hall–Kier alpha value is -1.57. The maximum absolute atomic E-state index is 12.1. The molecular weight excluding hydrogens is 390 g/mol. The van der Waals surface area contributed by atoms with Gasteiger partial charge in [-0.25, -0.2) is 4.98 Å².